The molecule has 1 aromatic carbocycles. The Bertz CT molecular complexity index is 697. The Morgan fingerprint density at radius 3 is 2.35 bits per heavy atom. The monoisotopic (exact) mass is 329 g/mol. The van der Waals surface area contributed by atoms with Crippen molar-refractivity contribution in [3.8, 4) is 11.6 Å². The number of hydrogen-bond donors (Lipinski definition) is 0. The molecule has 0 N–H and O–H groups in total. The quantitative estimate of drug-likeness (QED) is 0.640. The predicted molar refractivity (Wildman–Crippen MR) is 71.4 cm³/mol. The van der Waals surface area contributed by atoms with Crippen LogP contribution in [-0.2, 0) is 4.74 Å². The van der Waals surface area contributed by atoms with Crippen LogP contribution in [0.25, 0.3) is 0 Å². The van der Waals surface area contributed by atoms with Gasteiger partial charge in [-0.25, -0.2) is 13.8 Å². The molecule has 23 heavy (non-hydrogen) atoms. The van der Waals surface area contributed by atoms with E-state index in [1.165, 1.54) is 12.3 Å². The number of benzene rings is 1. The average molecular weight is 329 g/mol. The van der Waals surface area contributed by atoms with E-state index in [0.717, 1.165) is 0 Å². The number of anilines is 1. The van der Waals surface area contributed by atoms with E-state index in [-0.39, 0.29) is 17.9 Å². The van der Waals surface area contributed by atoms with Gasteiger partial charge in [-0.15, -0.1) is 0 Å². The number of ether oxygens (including phenoxy) is 2. The molecule has 1 saturated heterocycles. The second-order valence-electron chi connectivity index (χ2n) is 4.69. The maximum Gasteiger partial charge on any atom is 0.228 e. The number of rotatable bonds is 3. The van der Waals surface area contributed by atoms with Gasteiger partial charge in [0.2, 0.25) is 29.2 Å². The minimum absolute atomic E-state index is 0.108. The molecule has 2 aromatic rings. The highest BCUT2D eigenvalue weighted by Crippen LogP contribution is 2.30. The fourth-order valence-corrected chi connectivity index (χ4v) is 2.05. The van der Waals surface area contributed by atoms with Gasteiger partial charge in [0.15, 0.2) is 11.6 Å². The van der Waals surface area contributed by atoms with Crippen LogP contribution >= 0.6 is 0 Å². The summed E-state index contributed by atoms with van der Waals surface area (Å²) in [6.45, 7) is 2.07. The topological polar surface area (TPSA) is 47.5 Å². The standard InChI is InChI=1S/C14H11F4N3O2/c15-8-7-9(16)12(18)13(11(8)17)23-10-1-2-19-14(20-10)21-3-5-22-6-4-21/h1-2,7H,3-6H2. The largest absolute Gasteiger partial charge is 0.432 e. The third-order valence-electron chi connectivity index (χ3n) is 3.19. The van der Waals surface area contributed by atoms with Crippen molar-refractivity contribution in [3.63, 3.8) is 0 Å². The summed E-state index contributed by atoms with van der Waals surface area (Å²) >= 11 is 0. The van der Waals surface area contributed by atoms with Crippen LogP contribution in [-0.4, -0.2) is 36.3 Å². The molecule has 0 radical (unpaired) electrons. The van der Waals surface area contributed by atoms with Gasteiger partial charge >= 0.3 is 0 Å². The highest BCUT2D eigenvalue weighted by Gasteiger charge is 2.22. The molecule has 0 bridgehead atoms. The summed E-state index contributed by atoms with van der Waals surface area (Å²) in [5, 5.41) is 0. The van der Waals surface area contributed by atoms with Gasteiger partial charge in [-0.05, 0) is 0 Å². The molecular weight excluding hydrogens is 318 g/mol. The van der Waals surface area contributed by atoms with Crippen molar-refractivity contribution >= 4 is 5.95 Å². The first-order chi connectivity index (χ1) is 11.1. The second-order valence-corrected chi connectivity index (χ2v) is 4.69. The Balaban J connectivity index is 1.89. The summed E-state index contributed by atoms with van der Waals surface area (Å²) in [6.07, 6.45) is 1.32. The first kappa shape index (κ1) is 15.5. The minimum Gasteiger partial charge on any atom is -0.432 e. The van der Waals surface area contributed by atoms with E-state index in [0.29, 0.717) is 26.3 Å². The zero-order valence-corrected chi connectivity index (χ0v) is 11.7. The lowest BCUT2D eigenvalue weighted by atomic mass is 10.3. The minimum atomic E-state index is -1.63. The van der Waals surface area contributed by atoms with Crippen molar-refractivity contribution in [1.82, 2.24) is 9.97 Å². The van der Waals surface area contributed by atoms with Crippen LogP contribution in [0.1, 0.15) is 0 Å². The highest BCUT2D eigenvalue weighted by atomic mass is 19.2. The first-order valence-electron chi connectivity index (χ1n) is 6.73. The van der Waals surface area contributed by atoms with Crippen LogP contribution in [0.4, 0.5) is 23.5 Å². The lowest BCUT2D eigenvalue weighted by Gasteiger charge is -2.26. The van der Waals surface area contributed by atoms with E-state index >= 15 is 0 Å². The lowest BCUT2D eigenvalue weighted by molar-refractivity contribution is 0.122. The van der Waals surface area contributed by atoms with E-state index in [4.69, 9.17) is 9.47 Å². The molecule has 0 unspecified atom stereocenters. The molecule has 0 atom stereocenters. The third-order valence-corrected chi connectivity index (χ3v) is 3.19. The van der Waals surface area contributed by atoms with Crippen molar-refractivity contribution in [3.05, 3.63) is 41.6 Å². The van der Waals surface area contributed by atoms with Crippen molar-refractivity contribution in [2.75, 3.05) is 31.2 Å². The Labute approximate surface area is 128 Å². The van der Waals surface area contributed by atoms with E-state index in [1.54, 1.807) is 4.90 Å². The van der Waals surface area contributed by atoms with Gasteiger partial charge in [-0.3, -0.25) is 0 Å². The summed E-state index contributed by atoms with van der Waals surface area (Å²) in [6, 6.07) is 1.34. The summed E-state index contributed by atoms with van der Waals surface area (Å²) in [5.41, 5.74) is 0. The summed E-state index contributed by atoms with van der Waals surface area (Å²) in [5.74, 6) is -7.52. The zero-order chi connectivity index (χ0) is 16.4. The molecule has 0 aliphatic carbocycles. The molecule has 0 amide bonds. The Kier molecular flexibility index (Phi) is 4.28. The zero-order valence-electron chi connectivity index (χ0n) is 11.7. The van der Waals surface area contributed by atoms with Gasteiger partial charge in [-0.2, -0.15) is 13.8 Å². The van der Waals surface area contributed by atoms with E-state index in [2.05, 4.69) is 9.97 Å². The van der Waals surface area contributed by atoms with Gasteiger partial charge in [0, 0.05) is 31.4 Å². The molecule has 5 nitrogen and oxygen atoms in total. The molecule has 0 spiro atoms. The van der Waals surface area contributed by atoms with E-state index in [1.807, 2.05) is 0 Å². The Morgan fingerprint density at radius 1 is 1.04 bits per heavy atom. The molecule has 0 saturated carbocycles. The molecule has 2 heterocycles. The smallest absolute Gasteiger partial charge is 0.228 e. The van der Waals surface area contributed by atoms with Crippen LogP contribution < -0.4 is 9.64 Å². The molecule has 3 rings (SSSR count). The van der Waals surface area contributed by atoms with E-state index < -0.39 is 29.0 Å². The van der Waals surface area contributed by atoms with E-state index in [9.17, 15) is 17.6 Å². The fourth-order valence-electron chi connectivity index (χ4n) is 2.05. The number of morpholine rings is 1. The van der Waals surface area contributed by atoms with Crippen LogP contribution in [0.2, 0.25) is 0 Å². The van der Waals surface area contributed by atoms with Crippen LogP contribution in [0.3, 0.4) is 0 Å². The maximum absolute atomic E-state index is 13.6. The van der Waals surface area contributed by atoms with Gasteiger partial charge in [0.25, 0.3) is 0 Å². The SMILES string of the molecule is Fc1cc(F)c(F)c(Oc2ccnc(N3CCOCC3)n2)c1F. The van der Waals surface area contributed by atoms with Gasteiger partial charge in [-0.1, -0.05) is 0 Å². The number of aromatic nitrogens is 2. The van der Waals surface area contributed by atoms with Gasteiger partial charge < -0.3 is 14.4 Å². The molecule has 1 aliphatic rings. The molecule has 1 aliphatic heterocycles. The number of hydrogen-bond acceptors (Lipinski definition) is 5. The van der Waals surface area contributed by atoms with Crippen molar-refractivity contribution in [1.29, 1.82) is 0 Å². The predicted octanol–water partition coefficient (Wildman–Crippen LogP) is 2.66. The van der Waals surface area contributed by atoms with Crippen molar-refractivity contribution in [2.45, 2.75) is 0 Å². The number of nitrogens with zero attached hydrogens (tertiary/aromatic N) is 3. The normalized spacial score (nSPS) is 14.9. The van der Waals surface area contributed by atoms with Gasteiger partial charge in [0.1, 0.15) is 0 Å². The number of halogens is 4. The first-order valence-corrected chi connectivity index (χ1v) is 6.73. The van der Waals surface area contributed by atoms with Crippen molar-refractivity contribution < 1.29 is 27.0 Å². The lowest BCUT2D eigenvalue weighted by Crippen LogP contribution is -2.37. The van der Waals surface area contributed by atoms with Crippen LogP contribution in [0.15, 0.2) is 18.3 Å². The van der Waals surface area contributed by atoms with Crippen molar-refractivity contribution in [2.24, 2.45) is 0 Å². The molecule has 9 heteroatoms. The van der Waals surface area contributed by atoms with Crippen LogP contribution in [0.5, 0.6) is 11.6 Å². The maximum atomic E-state index is 13.6. The second kappa shape index (κ2) is 6.37. The fraction of sp³-hybridized carbons (Fsp3) is 0.286. The summed E-state index contributed by atoms with van der Waals surface area (Å²) in [7, 11) is 0. The Morgan fingerprint density at radius 2 is 1.70 bits per heavy atom. The Hall–Kier alpha value is -2.42. The molecule has 1 fully saturated rings. The van der Waals surface area contributed by atoms with Crippen LogP contribution in [0, 0.1) is 23.3 Å². The molecule has 1 aromatic heterocycles. The summed E-state index contributed by atoms with van der Waals surface area (Å²) in [4.78, 5) is 9.81. The summed E-state index contributed by atoms with van der Waals surface area (Å²) < 4.78 is 63.7. The average Bonchev–Trinajstić information content (AvgIpc) is 2.58. The third kappa shape index (κ3) is 3.19. The van der Waals surface area contributed by atoms with Gasteiger partial charge in [0.05, 0.1) is 13.2 Å². The molecular formula is C14H11F4N3O2. The molecule has 122 valence electrons. The highest BCUT2D eigenvalue weighted by molar-refractivity contribution is 5.36.